The van der Waals surface area contributed by atoms with Crippen molar-refractivity contribution in [3.05, 3.63) is 73.3 Å². The molecule has 0 aromatic heterocycles. The van der Waals surface area contributed by atoms with Gasteiger partial charge in [0.2, 0.25) is 0 Å². The first-order valence-electron chi connectivity index (χ1n) is 12.4. The van der Waals surface area contributed by atoms with E-state index in [1.165, 1.54) is 17.5 Å². The van der Waals surface area contributed by atoms with Crippen LogP contribution in [0.15, 0.2) is 73.3 Å². The molecule has 0 aliphatic carbocycles. The van der Waals surface area contributed by atoms with Gasteiger partial charge in [0.15, 0.2) is 0 Å². The molecule has 1 aliphatic rings. The van der Waals surface area contributed by atoms with E-state index in [4.69, 9.17) is 9.16 Å². The van der Waals surface area contributed by atoms with Crippen molar-refractivity contribution in [1.29, 1.82) is 0 Å². The lowest BCUT2D eigenvalue weighted by Crippen LogP contribution is -2.68. The third-order valence-electron chi connectivity index (χ3n) is 7.17. The number of methoxy groups -OCH3 is 1. The number of ketones is 1. The lowest BCUT2D eigenvalue weighted by atomic mass is 9.83. The van der Waals surface area contributed by atoms with E-state index >= 15 is 0 Å². The molecule has 1 aliphatic heterocycles. The summed E-state index contributed by atoms with van der Waals surface area (Å²) in [7, 11) is -1.36. The van der Waals surface area contributed by atoms with Crippen molar-refractivity contribution < 1.29 is 18.8 Å². The molecule has 35 heavy (non-hydrogen) atoms. The number of benzene rings is 2. The first-order chi connectivity index (χ1) is 16.7. The van der Waals surface area contributed by atoms with Crippen LogP contribution in [0.3, 0.4) is 0 Å². The fourth-order valence-electron chi connectivity index (χ4n) is 5.55. The van der Waals surface area contributed by atoms with Crippen LogP contribution in [0.4, 0.5) is 4.79 Å². The van der Waals surface area contributed by atoms with E-state index in [2.05, 4.69) is 75.9 Å². The minimum absolute atomic E-state index is 0.0436. The lowest BCUT2D eigenvalue weighted by Gasteiger charge is -2.48. The molecular formula is C29H39NO4Si. The van der Waals surface area contributed by atoms with Crippen LogP contribution >= 0.6 is 0 Å². The van der Waals surface area contributed by atoms with Gasteiger partial charge in [-0.2, -0.15) is 0 Å². The standard InChI is InChI=1S/C29H39NO4Si/c1-7-23-18-19-24(30(28(32)33-6)27(23)20-22(2)31)21-34-35(29(3,4)5,25-14-10-8-11-15-25)26-16-12-9-13-17-26/h7-17,23-24,27H,1,18-21H2,2-6H3/t23-,24+,27+/m1/s1. The SMILES string of the molecule is C=C[C@@H]1CC[C@@H](CO[Si](c2ccccc2)(c2ccccc2)C(C)(C)C)N(C(=O)OC)[C@H]1CC(C)=O. The van der Waals surface area contributed by atoms with Crippen molar-refractivity contribution in [3.63, 3.8) is 0 Å². The smallest absolute Gasteiger partial charge is 0.410 e. The largest absolute Gasteiger partial charge is 0.453 e. The van der Waals surface area contributed by atoms with Crippen LogP contribution in [-0.4, -0.2) is 50.9 Å². The fraction of sp³-hybridized carbons (Fsp3) is 0.448. The Balaban J connectivity index is 2.04. The Morgan fingerprint density at radius 2 is 1.57 bits per heavy atom. The minimum Gasteiger partial charge on any atom is -0.453 e. The molecule has 188 valence electrons. The normalized spacial score (nSPS) is 20.8. The van der Waals surface area contributed by atoms with Crippen LogP contribution in [0.2, 0.25) is 5.04 Å². The van der Waals surface area contributed by atoms with Gasteiger partial charge in [-0.15, -0.1) is 6.58 Å². The lowest BCUT2D eigenvalue weighted by molar-refractivity contribution is -0.119. The quantitative estimate of drug-likeness (QED) is 0.386. The van der Waals surface area contributed by atoms with Gasteiger partial charge in [-0.1, -0.05) is 87.5 Å². The number of likely N-dealkylation sites (tertiary alicyclic amines) is 1. The maximum atomic E-state index is 13.0. The first kappa shape index (κ1) is 26.9. The van der Waals surface area contributed by atoms with Gasteiger partial charge in [-0.3, -0.25) is 9.69 Å². The highest BCUT2D eigenvalue weighted by molar-refractivity contribution is 6.99. The van der Waals surface area contributed by atoms with Crippen LogP contribution in [0, 0.1) is 5.92 Å². The molecule has 0 radical (unpaired) electrons. The molecular weight excluding hydrogens is 454 g/mol. The third kappa shape index (κ3) is 5.59. The molecule has 5 nitrogen and oxygen atoms in total. The van der Waals surface area contributed by atoms with Gasteiger partial charge in [0.05, 0.1) is 19.8 Å². The number of rotatable bonds is 8. The van der Waals surface area contributed by atoms with Crippen LogP contribution in [-0.2, 0) is 14.0 Å². The summed E-state index contributed by atoms with van der Waals surface area (Å²) in [4.78, 5) is 26.9. The molecule has 0 unspecified atom stereocenters. The molecule has 1 saturated heterocycles. The summed E-state index contributed by atoms with van der Waals surface area (Å²) in [5, 5.41) is 2.23. The van der Waals surface area contributed by atoms with Crippen molar-refractivity contribution in [2.45, 2.75) is 64.1 Å². The van der Waals surface area contributed by atoms with Crippen LogP contribution in [0.25, 0.3) is 0 Å². The Morgan fingerprint density at radius 3 is 2.00 bits per heavy atom. The topological polar surface area (TPSA) is 55.8 Å². The van der Waals surface area contributed by atoms with Gasteiger partial charge in [0.1, 0.15) is 5.78 Å². The molecule has 3 atom stereocenters. The molecule has 0 bridgehead atoms. The van der Waals surface area contributed by atoms with Crippen LogP contribution in [0.5, 0.6) is 0 Å². The van der Waals surface area contributed by atoms with E-state index in [0.29, 0.717) is 6.61 Å². The van der Waals surface area contributed by atoms with Crippen molar-refractivity contribution >= 4 is 30.6 Å². The molecule has 1 amide bonds. The van der Waals surface area contributed by atoms with Crippen LogP contribution in [0.1, 0.15) is 47.0 Å². The summed E-state index contributed by atoms with van der Waals surface area (Å²) < 4.78 is 12.3. The second-order valence-corrected chi connectivity index (χ2v) is 14.8. The fourth-order valence-corrected chi connectivity index (χ4v) is 10.1. The van der Waals surface area contributed by atoms with Gasteiger partial charge in [0, 0.05) is 12.5 Å². The number of amides is 1. The third-order valence-corrected chi connectivity index (χ3v) is 12.2. The van der Waals surface area contributed by atoms with Crippen molar-refractivity contribution in [3.8, 4) is 0 Å². The Hall–Kier alpha value is -2.70. The second-order valence-electron chi connectivity index (χ2n) is 10.5. The second kappa shape index (κ2) is 11.4. The van der Waals surface area contributed by atoms with E-state index < -0.39 is 14.4 Å². The minimum atomic E-state index is -2.75. The van der Waals surface area contributed by atoms with Gasteiger partial charge in [-0.05, 0) is 41.1 Å². The number of piperidine rings is 1. The Morgan fingerprint density at radius 1 is 1.03 bits per heavy atom. The number of carbonyl (C=O) groups excluding carboxylic acids is 2. The summed E-state index contributed by atoms with van der Waals surface area (Å²) in [5.41, 5.74) is 0. The summed E-state index contributed by atoms with van der Waals surface area (Å²) in [5.74, 6) is 0.0893. The maximum Gasteiger partial charge on any atom is 0.410 e. The number of ether oxygens (including phenoxy) is 1. The Kier molecular flexibility index (Phi) is 8.73. The van der Waals surface area contributed by atoms with E-state index in [0.717, 1.165) is 12.8 Å². The molecule has 1 fully saturated rings. The van der Waals surface area contributed by atoms with E-state index in [9.17, 15) is 9.59 Å². The molecule has 0 N–H and O–H groups in total. The van der Waals surface area contributed by atoms with E-state index in [1.807, 2.05) is 18.2 Å². The van der Waals surface area contributed by atoms with Crippen molar-refractivity contribution in [1.82, 2.24) is 4.90 Å². The highest BCUT2D eigenvalue weighted by atomic mass is 28.4. The zero-order valence-corrected chi connectivity index (χ0v) is 22.7. The summed E-state index contributed by atoms with van der Waals surface area (Å²) in [6.45, 7) is 12.6. The predicted molar refractivity (Wildman–Crippen MR) is 144 cm³/mol. The highest BCUT2D eigenvalue weighted by Gasteiger charge is 2.51. The number of hydrogen-bond acceptors (Lipinski definition) is 4. The van der Waals surface area contributed by atoms with E-state index in [-0.39, 0.29) is 35.2 Å². The first-order valence-corrected chi connectivity index (χ1v) is 14.3. The average molecular weight is 494 g/mol. The monoisotopic (exact) mass is 493 g/mol. The van der Waals surface area contributed by atoms with Crippen molar-refractivity contribution in [2.24, 2.45) is 5.92 Å². The summed E-state index contributed by atoms with van der Waals surface area (Å²) in [6.07, 6.45) is 3.34. The van der Waals surface area contributed by atoms with Gasteiger partial charge < -0.3 is 9.16 Å². The van der Waals surface area contributed by atoms with Gasteiger partial charge >= 0.3 is 6.09 Å². The van der Waals surface area contributed by atoms with Gasteiger partial charge in [0.25, 0.3) is 8.32 Å². The summed E-state index contributed by atoms with van der Waals surface area (Å²) >= 11 is 0. The van der Waals surface area contributed by atoms with E-state index in [1.54, 1.807) is 11.8 Å². The zero-order chi connectivity index (χ0) is 25.6. The number of carbonyl (C=O) groups is 2. The molecule has 0 saturated carbocycles. The zero-order valence-electron chi connectivity index (χ0n) is 21.7. The maximum absolute atomic E-state index is 13.0. The Labute approximate surface area is 211 Å². The average Bonchev–Trinajstić information content (AvgIpc) is 2.84. The molecule has 3 rings (SSSR count). The molecule has 1 heterocycles. The number of Topliss-reactive ketones (excluding diaryl/α,β-unsaturated/α-hetero) is 1. The Bertz CT molecular complexity index is 963. The number of hydrogen-bond donors (Lipinski definition) is 0. The molecule has 6 heteroatoms. The molecule has 2 aromatic rings. The van der Waals surface area contributed by atoms with Crippen molar-refractivity contribution in [2.75, 3.05) is 13.7 Å². The summed E-state index contributed by atoms with van der Waals surface area (Å²) in [6, 6.07) is 20.5. The number of nitrogens with zero attached hydrogens (tertiary/aromatic N) is 1. The molecule has 2 aromatic carbocycles. The van der Waals surface area contributed by atoms with Gasteiger partial charge in [-0.25, -0.2) is 4.79 Å². The molecule has 0 spiro atoms. The highest BCUT2D eigenvalue weighted by Crippen LogP contribution is 2.38. The van der Waals surface area contributed by atoms with Crippen LogP contribution < -0.4 is 10.4 Å². The predicted octanol–water partition coefficient (Wildman–Crippen LogP) is 4.94.